The third-order valence-corrected chi connectivity index (χ3v) is 4.13. The van der Waals surface area contributed by atoms with E-state index in [0.29, 0.717) is 12.1 Å². The SMILES string of the molecule is C=CCNS(=O)(=O)c1cccc(C(=O)NCCCNC)c1. The summed E-state index contributed by atoms with van der Waals surface area (Å²) >= 11 is 0. The van der Waals surface area contributed by atoms with Crippen LogP contribution in [0.5, 0.6) is 0 Å². The fraction of sp³-hybridized carbons (Fsp3) is 0.357. The number of benzene rings is 1. The Hall–Kier alpha value is -1.70. The lowest BCUT2D eigenvalue weighted by Crippen LogP contribution is -2.27. The Morgan fingerprint density at radius 2 is 2.10 bits per heavy atom. The topological polar surface area (TPSA) is 87.3 Å². The fourth-order valence-corrected chi connectivity index (χ4v) is 2.67. The maximum Gasteiger partial charge on any atom is 0.251 e. The van der Waals surface area contributed by atoms with E-state index in [0.717, 1.165) is 13.0 Å². The lowest BCUT2D eigenvalue weighted by Gasteiger charge is -2.08. The summed E-state index contributed by atoms with van der Waals surface area (Å²) < 4.78 is 26.3. The van der Waals surface area contributed by atoms with Gasteiger partial charge in [0.15, 0.2) is 0 Å². The number of hydrogen-bond donors (Lipinski definition) is 3. The second-order valence-electron chi connectivity index (χ2n) is 4.38. The van der Waals surface area contributed by atoms with Crippen molar-refractivity contribution in [1.82, 2.24) is 15.4 Å². The summed E-state index contributed by atoms with van der Waals surface area (Å²) in [5.74, 6) is -0.285. The second-order valence-corrected chi connectivity index (χ2v) is 6.15. The van der Waals surface area contributed by atoms with Gasteiger partial charge < -0.3 is 10.6 Å². The number of rotatable bonds is 9. The van der Waals surface area contributed by atoms with Crippen molar-refractivity contribution in [2.45, 2.75) is 11.3 Å². The molecule has 0 aliphatic carbocycles. The molecule has 0 unspecified atom stereocenters. The molecule has 0 fully saturated rings. The Labute approximate surface area is 125 Å². The summed E-state index contributed by atoms with van der Waals surface area (Å²) in [4.78, 5) is 12.0. The molecule has 0 aliphatic rings. The highest BCUT2D eigenvalue weighted by Crippen LogP contribution is 2.11. The molecule has 0 spiro atoms. The fourth-order valence-electron chi connectivity index (χ4n) is 1.63. The largest absolute Gasteiger partial charge is 0.352 e. The van der Waals surface area contributed by atoms with Crippen molar-refractivity contribution in [1.29, 1.82) is 0 Å². The van der Waals surface area contributed by atoms with Gasteiger partial charge in [0.1, 0.15) is 0 Å². The standard InChI is InChI=1S/C14H21N3O3S/c1-3-8-17-21(19,20)13-7-4-6-12(11-13)14(18)16-10-5-9-15-2/h3-4,6-7,11,15,17H,1,5,8-10H2,2H3,(H,16,18). The minimum Gasteiger partial charge on any atom is -0.352 e. The molecule has 0 radical (unpaired) electrons. The number of hydrogen-bond acceptors (Lipinski definition) is 4. The van der Waals surface area contributed by atoms with Gasteiger partial charge in [-0.1, -0.05) is 12.1 Å². The van der Waals surface area contributed by atoms with Crippen LogP contribution in [0, 0.1) is 0 Å². The highest BCUT2D eigenvalue weighted by Gasteiger charge is 2.15. The molecular formula is C14H21N3O3S. The summed E-state index contributed by atoms with van der Waals surface area (Å²) in [6, 6.07) is 5.94. The molecular weight excluding hydrogens is 290 g/mol. The molecule has 1 aromatic carbocycles. The van der Waals surface area contributed by atoms with Crippen LogP contribution in [-0.2, 0) is 10.0 Å². The molecule has 0 saturated heterocycles. The first kappa shape index (κ1) is 17.4. The van der Waals surface area contributed by atoms with Gasteiger partial charge in [-0.3, -0.25) is 4.79 Å². The van der Waals surface area contributed by atoms with Crippen molar-refractivity contribution < 1.29 is 13.2 Å². The van der Waals surface area contributed by atoms with E-state index in [1.165, 1.54) is 18.2 Å². The highest BCUT2D eigenvalue weighted by molar-refractivity contribution is 7.89. The highest BCUT2D eigenvalue weighted by atomic mass is 32.2. The van der Waals surface area contributed by atoms with Gasteiger partial charge in [-0.2, -0.15) is 0 Å². The maximum atomic E-state index is 12.0. The number of amides is 1. The predicted octanol–water partition coefficient (Wildman–Crippen LogP) is 0.490. The zero-order valence-electron chi connectivity index (χ0n) is 12.1. The van der Waals surface area contributed by atoms with E-state index < -0.39 is 10.0 Å². The molecule has 0 atom stereocenters. The van der Waals surface area contributed by atoms with Gasteiger partial charge in [0.05, 0.1) is 4.90 Å². The average Bonchev–Trinajstić information content (AvgIpc) is 2.49. The molecule has 6 nitrogen and oxygen atoms in total. The van der Waals surface area contributed by atoms with Gasteiger partial charge in [0, 0.05) is 18.7 Å². The van der Waals surface area contributed by atoms with Gasteiger partial charge >= 0.3 is 0 Å². The molecule has 1 rings (SSSR count). The lowest BCUT2D eigenvalue weighted by molar-refractivity contribution is 0.0953. The first-order valence-corrected chi connectivity index (χ1v) is 8.13. The van der Waals surface area contributed by atoms with Gasteiger partial charge in [-0.25, -0.2) is 13.1 Å². The Kier molecular flexibility index (Phi) is 7.07. The monoisotopic (exact) mass is 311 g/mol. The Bertz CT molecular complexity index is 585. The zero-order valence-corrected chi connectivity index (χ0v) is 12.9. The smallest absolute Gasteiger partial charge is 0.251 e. The van der Waals surface area contributed by atoms with Crippen LogP contribution in [0.15, 0.2) is 41.8 Å². The van der Waals surface area contributed by atoms with E-state index in [9.17, 15) is 13.2 Å². The number of sulfonamides is 1. The minimum absolute atomic E-state index is 0.0622. The molecule has 0 heterocycles. The first-order chi connectivity index (χ1) is 10.0. The molecule has 21 heavy (non-hydrogen) atoms. The molecule has 1 amide bonds. The summed E-state index contributed by atoms with van der Waals surface area (Å²) in [6.07, 6.45) is 2.26. The second kappa shape index (κ2) is 8.56. The molecule has 3 N–H and O–H groups in total. The van der Waals surface area contributed by atoms with Gasteiger partial charge in [-0.15, -0.1) is 6.58 Å². The van der Waals surface area contributed by atoms with Crippen LogP contribution >= 0.6 is 0 Å². The van der Waals surface area contributed by atoms with Crippen LogP contribution in [-0.4, -0.2) is 41.0 Å². The Morgan fingerprint density at radius 1 is 1.33 bits per heavy atom. The van der Waals surface area contributed by atoms with Crippen LogP contribution in [0.1, 0.15) is 16.8 Å². The van der Waals surface area contributed by atoms with Crippen molar-refractivity contribution in [3.05, 3.63) is 42.5 Å². The molecule has 116 valence electrons. The summed E-state index contributed by atoms with van der Waals surface area (Å²) in [6.45, 7) is 4.94. The van der Waals surface area contributed by atoms with Crippen LogP contribution < -0.4 is 15.4 Å². The summed E-state index contributed by atoms with van der Waals surface area (Å²) in [5, 5.41) is 5.73. The van der Waals surface area contributed by atoms with Crippen LogP contribution in [0.4, 0.5) is 0 Å². The first-order valence-electron chi connectivity index (χ1n) is 6.64. The number of nitrogens with one attached hydrogen (secondary N) is 3. The molecule has 0 bridgehead atoms. The molecule has 7 heteroatoms. The van der Waals surface area contributed by atoms with Crippen molar-refractivity contribution >= 4 is 15.9 Å². The van der Waals surface area contributed by atoms with Gasteiger partial charge in [0.2, 0.25) is 10.0 Å². The summed E-state index contributed by atoms with van der Waals surface area (Å²) in [7, 11) is -1.78. The van der Waals surface area contributed by atoms with Gasteiger partial charge in [0.25, 0.3) is 5.91 Å². The molecule has 0 aliphatic heterocycles. The van der Waals surface area contributed by atoms with Crippen molar-refractivity contribution in [2.24, 2.45) is 0 Å². The molecule has 0 saturated carbocycles. The Morgan fingerprint density at radius 3 is 2.76 bits per heavy atom. The molecule has 1 aromatic rings. The maximum absolute atomic E-state index is 12.0. The summed E-state index contributed by atoms with van der Waals surface area (Å²) in [5.41, 5.74) is 0.320. The van der Waals surface area contributed by atoms with Crippen LogP contribution in [0.25, 0.3) is 0 Å². The van der Waals surface area contributed by atoms with Crippen molar-refractivity contribution in [2.75, 3.05) is 26.7 Å². The molecule has 0 aromatic heterocycles. The van der Waals surface area contributed by atoms with E-state index in [1.807, 2.05) is 7.05 Å². The van der Waals surface area contributed by atoms with E-state index in [4.69, 9.17) is 0 Å². The van der Waals surface area contributed by atoms with Crippen molar-refractivity contribution in [3.63, 3.8) is 0 Å². The van der Waals surface area contributed by atoms with Gasteiger partial charge in [-0.05, 0) is 38.2 Å². The van der Waals surface area contributed by atoms with E-state index >= 15 is 0 Å². The predicted molar refractivity (Wildman–Crippen MR) is 82.7 cm³/mol. The normalized spacial score (nSPS) is 11.1. The van der Waals surface area contributed by atoms with Crippen LogP contribution in [0.2, 0.25) is 0 Å². The zero-order chi connectivity index (χ0) is 15.7. The van der Waals surface area contributed by atoms with E-state index in [1.54, 1.807) is 12.1 Å². The lowest BCUT2D eigenvalue weighted by atomic mass is 10.2. The third-order valence-electron chi connectivity index (χ3n) is 2.71. The number of carbonyl (C=O) groups excluding carboxylic acids is 1. The van der Waals surface area contributed by atoms with Crippen LogP contribution in [0.3, 0.4) is 0 Å². The Balaban J connectivity index is 2.76. The average molecular weight is 311 g/mol. The minimum atomic E-state index is -3.62. The number of carbonyl (C=O) groups is 1. The van der Waals surface area contributed by atoms with E-state index in [-0.39, 0.29) is 17.3 Å². The van der Waals surface area contributed by atoms with E-state index in [2.05, 4.69) is 21.9 Å². The third kappa shape index (κ3) is 5.66. The van der Waals surface area contributed by atoms with Crippen molar-refractivity contribution in [3.8, 4) is 0 Å². The quantitative estimate of drug-likeness (QED) is 0.457.